The summed E-state index contributed by atoms with van der Waals surface area (Å²) in [6, 6.07) is 10.9. The first-order valence-electron chi connectivity index (χ1n) is 9.45. The predicted octanol–water partition coefficient (Wildman–Crippen LogP) is 4.71. The van der Waals surface area contributed by atoms with Crippen molar-refractivity contribution >= 4 is 40.9 Å². The van der Waals surface area contributed by atoms with E-state index in [1.165, 1.54) is 18.2 Å². The fourth-order valence-corrected chi connectivity index (χ4v) is 3.12. The van der Waals surface area contributed by atoms with Crippen molar-refractivity contribution in [3.05, 3.63) is 65.2 Å². The zero-order chi connectivity index (χ0) is 22.8. The maximum absolute atomic E-state index is 13.1. The van der Waals surface area contributed by atoms with E-state index < -0.39 is 23.6 Å². The molecule has 0 aromatic heterocycles. The number of rotatable bonds is 5. The first-order chi connectivity index (χ1) is 14.6. The summed E-state index contributed by atoms with van der Waals surface area (Å²) in [6.45, 7) is 3.93. The van der Waals surface area contributed by atoms with Crippen LogP contribution in [0.5, 0.6) is 5.75 Å². The van der Waals surface area contributed by atoms with E-state index in [-0.39, 0.29) is 22.5 Å². The molecule has 0 unspecified atom stereocenters. The molecule has 1 atom stereocenters. The lowest BCUT2D eigenvalue weighted by molar-refractivity contribution is -0.137. The summed E-state index contributed by atoms with van der Waals surface area (Å²) in [5, 5.41) is 2.07. The van der Waals surface area contributed by atoms with Crippen molar-refractivity contribution in [2.24, 2.45) is 0 Å². The smallest absolute Gasteiger partial charge is 0.416 e. The lowest BCUT2D eigenvalue weighted by atomic mass is 10.1. The Labute approximate surface area is 182 Å². The van der Waals surface area contributed by atoms with Crippen LogP contribution in [0.3, 0.4) is 0 Å². The monoisotopic (exact) mass is 448 g/mol. The zero-order valence-electron chi connectivity index (χ0n) is 16.7. The van der Waals surface area contributed by atoms with Gasteiger partial charge in [0.15, 0.2) is 5.11 Å². The van der Waals surface area contributed by atoms with Gasteiger partial charge in [-0.2, -0.15) is 13.2 Å². The molecule has 0 bridgehead atoms. The summed E-state index contributed by atoms with van der Waals surface area (Å²) >= 11 is 5.03. The van der Waals surface area contributed by atoms with Gasteiger partial charge in [-0.15, -0.1) is 0 Å². The van der Waals surface area contributed by atoms with Gasteiger partial charge in [0.2, 0.25) is 0 Å². The van der Waals surface area contributed by atoms with Crippen LogP contribution in [-0.2, 0) is 15.8 Å². The summed E-state index contributed by atoms with van der Waals surface area (Å²) in [4.78, 5) is 26.2. The number of carbonyl (C=O) groups is 2. The first-order valence-corrected chi connectivity index (χ1v) is 9.86. The van der Waals surface area contributed by atoms with Crippen LogP contribution >= 0.6 is 12.2 Å². The average Bonchev–Trinajstić information content (AvgIpc) is 2.71. The molecule has 162 valence electrons. The third kappa shape index (κ3) is 5.11. The number of benzene rings is 2. The normalized spacial score (nSPS) is 17.0. The molecule has 5 nitrogen and oxygen atoms in total. The molecule has 3 rings (SSSR count). The Kier molecular flexibility index (Phi) is 6.45. The van der Waals surface area contributed by atoms with Gasteiger partial charge in [0.05, 0.1) is 17.4 Å². The first kappa shape index (κ1) is 22.5. The van der Waals surface area contributed by atoms with Gasteiger partial charge in [-0.25, -0.2) is 0 Å². The highest BCUT2D eigenvalue weighted by atomic mass is 32.1. The summed E-state index contributed by atoms with van der Waals surface area (Å²) in [6.07, 6.45) is -2.35. The standard InChI is InChI=1S/C22H19F3N2O3S/c1-3-13(2)30-17-9-7-14(8-10-17)11-18-19(28)26-21(31)27(20(18)29)16-6-4-5-15(12-16)22(23,24)25/h4-13H,3H2,1-2H3,(H,26,28,31)/b18-11+/t13-/m0/s1. The lowest BCUT2D eigenvalue weighted by Crippen LogP contribution is -2.54. The molecule has 1 heterocycles. The zero-order valence-corrected chi connectivity index (χ0v) is 17.5. The number of thiocarbonyl (C=S) groups is 1. The van der Waals surface area contributed by atoms with Crippen molar-refractivity contribution in [2.75, 3.05) is 4.90 Å². The SMILES string of the molecule is CC[C@H](C)Oc1ccc(/C=C2\C(=O)NC(=S)N(c3cccc(C(F)(F)F)c3)C2=O)cc1. The van der Waals surface area contributed by atoms with Crippen molar-refractivity contribution in [3.8, 4) is 5.75 Å². The van der Waals surface area contributed by atoms with Crippen molar-refractivity contribution in [1.82, 2.24) is 5.32 Å². The molecule has 0 radical (unpaired) electrons. The Morgan fingerprint density at radius 2 is 1.84 bits per heavy atom. The molecule has 1 saturated heterocycles. The third-order valence-electron chi connectivity index (χ3n) is 4.64. The molecule has 2 amide bonds. The molecular weight excluding hydrogens is 429 g/mol. The van der Waals surface area contributed by atoms with Crippen molar-refractivity contribution in [3.63, 3.8) is 0 Å². The van der Waals surface area contributed by atoms with E-state index in [0.717, 1.165) is 23.5 Å². The largest absolute Gasteiger partial charge is 0.491 e. The van der Waals surface area contributed by atoms with Gasteiger partial charge in [-0.05, 0) is 67.5 Å². The predicted molar refractivity (Wildman–Crippen MR) is 114 cm³/mol. The molecule has 1 N–H and O–H groups in total. The maximum atomic E-state index is 13.1. The molecular formula is C22H19F3N2O3S. The molecule has 0 spiro atoms. The molecule has 9 heteroatoms. The highest BCUT2D eigenvalue weighted by Crippen LogP contribution is 2.32. The molecule has 2 aromatic rings. The van der Waals surface area contributed by atoms with Crippen LogP contribution in [0, 0.1) is 0 Å². The molecule has 1 fully saturated rings. The van der Waals surface area contributed by atoms with E-state index >= 15 is 0 Å². The van der Waals surface area contributed by atoms with Gasteiger partial charge in [0.25, 0.3) is 11.8 Å². The van der Waals surface area contributed by atoms with E-state index in [0.29, 0.717) is 11.3 Å². The number of carbonyl (C=O) groups excluding carboxylic acids is 2. The minimum absolute atomic E-state index is 0.0388. The number of nitrogens with one attached hydrogen (secondary N) is 1. The number of amides is 2. The second-order valence-electron chi connectivity index (χ2n) is 6.91. The van der Waals surface area contributed by atoms with Crippen LogP contribution in [-0.4, -0.2) is 23.0 Å². The fraction of sp³-hybridized carbons (Fsp3) is 0.227. The number of hydrogen-bond acceptors (Lipinski definition) is 4. The Bertz CT molecular complexity index is 1050. The summed E-state index contributed by atoms with van der Waals surface area (Å²) in [5.41, 5.74) is -0.721. The van der Waals surface area contributed by atoms with Gasteiger partial charge in [-0.1, -0.05) is 25.1 Å². The van der Waals surface area contributed by atoms with Gasteiger partial charge >= 0.3 is 6.18 Å². The fourth-order valence-electron chi connectivity index (χ4n) is 2.84. The highest BCUT2D eigenvalue weighted by molar-refractivity contribution is 7.80. The number of halogens is 3. The minimum Gasteiger partial charge on any atom is -0.491 e. The Morgan fingerprint density at radius 1 is 1.16 bits per heavy atom. The number of hydrogen-bond donors (Lipinski definition) is 1. The number of nitrogens with zero attached hydrogens (tertiary/aromatic N) is 1. The van der Waals surface area contributed by atoms with Crippen LogP contribution in [0.25, 0.3) is 6.08 Å². The van der Waals surface area contributed by atoms with E-state index in [1.54, 1.807) is 24.3 Å². The van der Waals surface area contributed by atoms with E-state index in [9.17, 15) is 22.8 Å². The number of alkyl halides is 3. The number of ether oxygens (including phenoxy) is 1. The van der Waals surface area contributed by atoms with Crippen LogP contribution in [0.15, 0.2) is 54.1 Å². The van der Waals surface area contributed by atoms with Gasteiger partial charge in [0.1, 0.15) is 11.3 Å². The maximum Gasteiger partial charge on any atom is 0.416 e. The van der Waals surface area contributed by atoms with Crippen molar-refractivity contribution in [2.45, 2.75) is 32.5 Å². The third-order valence-corrected chi connectivity index (χ3v) is 4.92. The van der Waals surface area contributed by atoms with E-state index in [2.05, 4.69) is 5.32 Å². The average molecular weight is 448 g/mol. The van der Waals surface area contributed by atoms with Gasteiger partial charge in [-0.3, -0.25) is 19.8 Å². The van der Waals surface area contributed by atoms with E-state index in [1.807, 2.05) is 13.8 Å². The number of anilines is 1. The van der Waals surface area contributed by atoms with Gasteiger partial charge in [0, 0.05) is 0 Å². The lowest BCUT2D eigenvalue weighted by Gasteiger charge is -2.29. The van der Waals surface area contributed by atoms with Crippen molar-refractivity contribution in [1.29, 1.82) is 0 Å². The molecule has 0 saturated carbocycles. The van der Waals surface area contributed by atoms with Gasteiger partial charge < -0.3 is 4.74 Å². The second kappa shape index (κ2) is 8.89. The minimum atomic E-state index is -4.59. The highest BCUT2D eigenvalue weighted by Gasteiger charge is 2.36. The van der Waals surface area contributed by atoms with E-state index in [4.69, 9.17) is 17.0 Å². The molecule has 1 aliphatic rings. The Hall–Kier alpha value is -3.20. The summed E-state index contributed by atoms with van der Waals surface area (Å²) in [5.74, 6) is -0.895. The van der Waals surface area contributed by atoms with Crippen LogP contribution in [0.4, 0.5) is 18.9 Å². The van der Waals surface area contributed by atoms with Crippen molar-refractivity contribution < 1.29 is 27.5 Å². The quantitative estimate of drug-likeness (QED) is 0.409. The topological polar surface area (TPSA) is 58.6 Å². The molecule has 2 aromatic carbocycles. The van der Waals surface area contributed by atoms with Crippen LogP contribution < -0.4 is 15.0 Å². The molecule has 1 aliphatic heterocycles. The Morgan fingerprint density at radius 3 is 2.45 bits per heavy atom. The van der Waals surface area contributed by atoms with Crippen LogP contribution in [0.2, 0.25) is 0 Å². The van der Waals surface area contributed by atoms with Crippen LogP contribution in [0.1, 0.15) is 31.4 Å². The summed E-state index contributed by atoms with van der Waals surface area (Å²) in [7, 11) is 0. The second-order valence-corrected chi connectivity index (χ2v) is 7.30. The molecule has 31 heavy (non-hydrogen) atoms. The molecule has 0 aliphatic carbocycles. The Balaban J connectivity index is 1.91. The summed E-state index contributed by atoms with van der Waals surface area (Å²) < 4.78 is 44.9.